The number of hydrogen-bond donors (Lipinski definition) is 2. The predicted molar refractivity (Wildman–Crippen MR) is 119 cm³/mol. The van der Waals surface area contributed by atoms with Gasteiger partial charge in [-0.05, 0) is 19.3 Å². The van der Waals surface area contributed by atoms with E-state index in [-0.39, 0.29) is 0 Å². The van der Waals surface area contributed by atoms with Crippen molar-refractivity contribution < 1.29 is 10.2 Å². The fraction of sp³-hybridized carbons (Fsp3) is 0.833. The average molecular weight is 382 g/mol. The van der Waals surface area contributed by atoms with Crippen LogP contribution in [0.3, 0.4) is 0 Å². The summed E-state index contributed by atoms with van der Waals surface area (Å²) in [5, 5.41) is 20.5. The van der Waals surface area contributed by atoms with Crippen LogP contribution in [-0.4, -0.2) is 21.7 Å². The quantitative estimate of drug-likeness (QED) is 0.174. The first-order valence-corrected chi connectivity index (χ1v) is 11.7. The highest BCUT2D eigenvalue weighted by Crippen LogP contribution is 2.14. The Labute approximate surface area is 169 Å². The molecule has 0 saturated carbocycles. The van der Waals surface area contributed by atoms with Crippen LogP contribution in [0, 0.1) is 0 Å². The summed E-state index contributed by atoms with van der Waals surface area (Å²) in [6.07, 6.45) is 22.0. The van der Waals surface area contributed by atoms with Gasteiger partial charge in [-0.1, -0.05) is 91.4 Å². The van der Waals surface area contributed by atoms with Gasteiger partial charge in [-0.3, -0.25) is 0 Å². The number of rotatable bonds is 19. The summed E-state index contributed by atoms with van der Waals surface area (Å²) in [5.74, 6) is 0.871. The molecule has 3 nitrogen and oxygen atoms in total. The number of hydrogen-bond acceptors (Lipinski definition) is 3. The van der Waals surface area contributed by atoms with Crippen LogP contribution in [0.5, 0.6) is 0 Å². The molecule has 0 heterocycles. The molecule has 0 spiro atoms. The van der Waals surface area contributed by atoms with Gasteiger partial charge in [0.2, 0.25) is 0 Å². The molecule has 0 rings (SSSR count). The largest absolute Gasteiger partial charge is 0.511 e. The van der Waals surface area contributed by atoms with Gasteiger partial charge in [-0.2, -0.15) is 0 Å². The Balaban J connectivity index is 4.28. The van der Waals surface area contributed by atoms with E-state index in [1.807, 2.05) is 17.3 Å². The molecular formula is C24H47NO2. The number of aliphatic hydroxyl groups excluding tert-OH is 2. The van der Waals surface area contributed by atoms with Gasteiger partial charge in [0.25, 0.3) is 0 Å². The zero-order valence-electron chi connectivity index (χ0n) is 18.5. The van der Waals surface area contributed by atoms with Gasteiger partial charge in [0.1, 0.15) is 11.5 Å². The van der Waals surface area contributed by atoms with Crippen LogP contribution < -0.4 is 0 Å². The summed E-state index contributed by atoms with van der Waals surface area (Å²) in [5.41, 5.74) is 0. The SMILES string of the molecule is CCCCCCCCC(O)=CN(C=C(O)CCCCCCCC)CCCC. The minimum Gasteiger partial charge on any atom is -0.511 e. The molecule has 0 aromatic rings. The second-order valence-electron chi connectivity index (χ2n) is 7.87. The van der Waals surface area contributed by atoms with Gasteiger partial charge in [-0.15, -0.1) is 0 Å². The molecule has 0 unspecified atom stereocenters. The third-order valence-electron chi connectivity index (χ3n) is 4.97. The standard InChI is InChI=1S/C24H47NO2/c1-4-7-10-12-14-16-18-23(26)21-25(20-9-6-3)22-24(27)19-17-15-13-11-8-5-2/h21-22,26-27H,4-20H2,1-3H3. The lowest BCUT2D eigenvalue weighted by Gasteiger charge is -2.17. The normalized spacial score (nSPS) is 12.6. The molecule has 0 amide bonds. The van der Waals surface area contributed by atoms with Crippen molar-refractivity contribution in [3.8, 4) is 0 Å². The molecule has 160 valence electrons. The van der Waals surface area contributed by atoms with Crippen LogP contribution in [0.25, 0.3) is 0 Å². The summed E-state index contributed by atoms with van der Waals surface area (Å²) in [6.45, 7) is 7.47. The molecular weight excluding hydrogens is 334 g/mol. The molecule has 3 heteroatoms. The van der Waals surface area contributed by atoms with Crippen molar-refractivity contribution in [1.29, 1.82) is 0 Å². The van der Waals surface area contributed by atoms with Crippen molar-refractivity contribution in [3.63, 3.8) is 0 Å². The number of aliphatic hydroxyl groups is 2. The van der Waals surface area contributed by atoms with Gasteiger partial charge in [0.15, 0.2) is 0 Å². The summed E-state index contributed by atoms with van der Waals surface area (Å²) in [6, 6.07) is 0. The molecule has 0 fully saturated rings. The number of nitrogens with zero attached hydrogens (tertiary/aromatic N) is 1. The minimum atomic E-state index is 0.435. The summed E-state index contributed by atoms with van der Waals surface area (Å²) >= 11 is 0. The maximum Gasteiger partial charge on any atom is 0.108 e. The fourth-order valence-corrected chi connectivity index (χ4v) is 3.19. The first kappa shape index (κ1) is 25.9. The average Bonchev–Trinajstić information content (AvgIpc) is 2.65. The fourth-order valence-electron chi connectivity index (χ4n) is 3.19. The molecule has 0 aliphatic carbocycles. The van der Waals surface area contributed by atoms with Gasteiger partial charge >= 0.3 is 0 Å². The Morgan fingerprint density at radius 3 is 1.33 bits per heavy atom. The van der Waals surface area contributed by atoms with Crippen LogP contribution in [0.2, 0.25) is 0 Å². The lowest BCUT2D eigenvalue weighted by Crippen LogP contribution is -2.13. The van der Waals surface area contributed by atoms with Crippen LogP contribution in [0.15, 0.2) is 23.9 Å². The van der Waals surface area contributed by atoms with Crippen molar-refractivity contribution >= 4 is 0 Å². The van der Waals surface area contributed by atoms with Gasteiger partial charge in [0, 0.05) is 31.8 Å². The molecule has 0 aromatic heterocycles. The third-order valence-corrected chi connectivity index (χ3v) is 4.97. The second-order valence-corrected chi connectivity index (χ2v) is 7.87. The highest BCUT2D eigenvalue weighted by Gasteiger charge is 2.03. The molecule has 27 heavy (non-hydrogen) atoms. The van der Waals surface area contributed by atoms with E-state index < -0.39 is 0 Å². The van der Waals surface area contributed by atoms with Gasteiger partial charge in [0.05, 0.1) is 0 Å². The maximum absolute atomic E-state index is 10.2. The predicted octanol–water partition coefficient (Wildman–Crippen LogP) is 8.39. The molecule has 0 atom stereocenters. The van der Waals surface area contributed by atoms with E-state index >= 15 is 0 Å². The smallest absolute Gasteiger partial charge is 0.108 e. The third kappa shape index (κ3) is 18.0. The lowest BCUT2D eigenvalue weighted by atomic mass is 10.1. The monoisotopic (exact) mass is 381 g/mol. The van der Waals surface area contributed by atoms with E-state index in [4.69, 9.17) is 0 Å². The van der Waals surface area contributed by atoms with Crippen molar-refractivity contribution in [3.05, 3.63) is 23.9 Å². The van der Waals surface area contributed by atoms with Crippen LogP contribution in [-0.2, 0) is 0 Å². The first-order chi connectivity index (χ1) is 13.1. The highest BCUT2D eigenvalue weighted by molar-refractivity contribution is 4.99. The Hall–Kier alpha value is -1.12. The van der Waals surface area contributed by atoms with Gasteiger partial charge < -0.3 is 15.1 Å². The van der Waals surface area contributed by atoms with E-state index in [0.29, 0.717) is 11.5 Å². The molecule has 0 saturated heterocycles. The van der Waals surface area contributed by atoms with E-state index in [1.54, 1.807) is 0 Å². The second kappa shape index (κ2) is 19.6. The minimum absolute atomic E-state index is 0.435. The summed E-state index contributed by atoms with van der Waals surface area (Å²) in [4.78, 5) is 1.97. The van der Waals surface area contributed by atoms with Crippen molar-refractivity contribution in [2.75, 3.05) is 6.54 Å². The molecule has 0 aromatic carbocycles. The van der Waals surface area contributed by atoms with Crippen LogP contribution >= 0.6 is 0 Å². The zero-order valence-corrected chi connectivity index (χ0v) is 18.5. The first-order valence-electron chi connectivity index (χ1n) is 11.7. The van der Waals surface area contributed by atoms with Crippen molar-refractivity contribution in [2.45, 2.75) is 124 Å². The Bertz CT molecular complexity index is 345. The Morgan fingerprint density at radius 2 is 0.926 bits per heavy atom. The van der Waals surface area contributed by atoms with Gasteiger partial charge in [-0.25, -0.2) is 0 Å². The van der Waals surface area contributed by atoms with E-state index in [9.17, 15) is 10.2 Å². The molecule has 2 N–H and O–H groups in total. The molecule has 0 aliphatic rings. The number of unbranched alkanes of at least 4 members (excludes halogenated alkanes) is 11. The van der Waals surface area contributed by atoms with Crippen LogP contribution in [0.4, 0.5) is 0 Å². The molecule has 0 radical (unpaired) electrons. The van der Waals surface area contributed by atoms with Crippen molar-refractivity contribution in [1.82, 2.24) is 4.90 Å². The maximum atomic E-state index is 10.2. The van der Waals surface area contributed by atoms with Crippen molar-refractivity contribution in [2.24, 2.45) is 0 Å². The topological polar surface area (TPSA) is 43.7 Å². The summed E-state index contributed by atoms with van der Waals surface area (Å²) < 4.78 is 0. The van der Waals surface area contributed by atoms with Crippen LogP contribution in [0.1, 0.15) is 124 Å². The van der Waals surface area contributed by atoms with E-state index in [1.165, 1.54) is 64.2 Å². The molecule has 0 aliphatic heterocycles. The van der Waals surface area contributed by atoms with E-state index in [0.717, 1.165) is 45.1 Å². The zero-order chi connectivity index (χ0) is 20.2. The Kier molecular flexibility index (Phi) is 18.8. The van der Waals surface area contributed by atoms with E-state index in [2.05, 4.69) is 20.8 Å². The molecule has 0 bridgehead atoms. The number of allylic oxidation sites excluding steroid dienone is 2. The lowest BCUT2D eigenvalue weighted by molar-refractivity contribution is 0.335. The highest BCUT2D eigenvalue weighted by atomic mass is 16.3. The summed E-state index contributed by atoms with van der Waals surface area (Å²) in [7, 11) is 0. The Morgan fingerprint density at radius 1 is 0.556 bits per heavy atom.